The molecule has 1 N–H and O–H groups in total. The summed E-state index contributed by atoms with van der Waals surface area (Å²) in [5.41, 5.74) is -0.410. The van der Waals surface area contributed by atoms with Crippen molar-refractivity contribution in [3.63, 3.8) is 0 Å². The zero-order chi connectivity index (χ0) is 19.9. The fourth-order valence-electron chi connectivity index (χ4n) is 2.92. The van der Waals surface area contributed by atoms with E-state index in [1.54, 1.807) is 13.8 Å². The molecule has 0 aliphatic rings. The minimum Gasteiger partial charge on any atom is -0.478 e. The third-order valence-electron chi connectivity index (χ3n) is 4.02. The number of carbonyl (C=O) groups is 1. The molecular formula is C18H15F3N2O4. The predicted molar refractivity (Wildman–Crippen MR) is 91.5 cm³/mol. The van der Waals surface area contributed by atoms with Gasteiger partial charge in [-0.3, -0.25) is 9.13 Å². The number of ether oxygens (including phenoxy) is 1. The second kappa shape index (κ2) is 6.82. The maximum absolute atomic E-state index is 14.4. The Balaban J connectivity index is 2.34. The van der Waals surface area contributed by atoms with Crippen molar-refractivity contribution < 1.29 is 27.8 Å². The van der Waals surface area contributed by atoms with Gasteiger partial charge in [-0.2, -0.15) is 8.78 Å². The van der Waals surface area contributed by atoms with Crippen molar-refractivity contribution in [1.82, 2.24) is 9.13 Å². The van der Waals surface area contributed by atoms with E-state index < -0.39 is 24.1 Å². The lowest BCUT2D eigenvalue weighted by atomic mass is 10.2. The van der Waals surface area contributed by atoms with Crippen LogP contribution in [0.4, 0.5) is 13.2 Å². The molecule has 0 radical (unpaired) electrons. The Morgan fingerprint density at radius 1 is 1.11 bits per heavy atom. The Morgan fingerprint density at radius 3 is 2.41 bits per heavy atom. The van der Waals surface area contributed by atoms with Crippen molar-refractivity contribution in [3.05, 3.63) is 58.3 Å². The summed E-state index contributed by atoms with van der Waals surface area (Å²) in [6, 6.07) is 6.56. The lowest BCUT2D eigenvalue weighted by molar-refractivity contribution is -0.0498. The van der Waals surface area contributed by atoms with Crippen LogP contribution in [0.15, 0.2) is 41.2 Å². The number of halogens is 3. The van der Waals surface area contributed by atoms with E-state index in [-0.39, 0.29) is 34.1 Å². The average molecular weight is 380 g/mol. The van der Waals surface area contributed by atoms with Crippen molar-refractivity contribution in [2.24, 2.45) is 0 Å². The molecule has 142 valence electrons. The number of carboxylic acids is 1. The number of alkyl halides is 2. The number of carboxylic acid groups (broad SMARTS) is 1. The molecule has 0 atom stereocenters. The monoisotopic (exact) mass is 380 g/mol. The van der Waals surface area contributed by atoms with Gasteiger partial charge in [-0.05, 0) is 44.2 Å². The van der Waals surface area contributed by atoms with Gasteiger partial charge in [0.1, 0.15) is 11.6 Å². The van der Waals surface area contributed by atoms with Gasteiger partial charge in [0, 0.05) is 12.1 Å². The molecule has 27 heavy (non-hydrogen) atoms. The summed E-state index contributed by atoms with van der Waals surface area (Å²) in [5.74, 6) is -2.30. The first-order valence-electron chi connectivity index (χ1n) is 7.95. The number of hydrogen-bond donors (Lipinski definition) is 1. The van der Waals surface area contributed by atoms with E-state index in [4.69, 9.17) is 0 Å². The van der Waals surface area contributed by atoms with Gasteiger partial charge in [-0.25, -0.2) is 14.0 Å². The van der Waals surface area contributed by atoms with E-state index in [2.05, 4.69) is 4.74 Å². The molecule has 6 nitrogen and oxygen atoms in total. The molecule has 0 amide bonds. The number of aromatic nitrogens is 2. The van der Waals surface area contributed by atoms with Crippen LogP contribution in [0, 0.1) is 5.82 Å². The SMILES string of the molecule is CC(C)n1c(=O)n(-c2cc(OC(F)F)ccc2F)c2ccc(C(=O)O)cc21. The smallest absolute Gasteiger partial charge is 0.387 e. The third kappa shape index (κ3) is 3.27. The lowest BCUT2D eigenvalue weighted by Crippen LogP contribution is -2.25. The van der Waals surface area contributed by atoms with Crippen LogP contribution in [0.5, 0.6) is 5.75 Å². The van der Waals surface area contributed by atoms with Crippen LogP contribution in [-0.2, 0) is 0 Å². The molecule has 0 bridgehead atoms. The molecule has 3 rings (SSSR count). The van der Waals surface area contributed by atoms with Gasteiger partial charge in [0.2, 0.25) is 0 Å². The van der Waals surface area contributed by atoms with Crippen molar-refractivity contribution in [2.45, 2.75) is 26.5 Å². The Morgan fingerprint density at radius 2 is 1.81 bits per heavy atom. The lowest BCUT2D eigenvalue weighted by Gasteiger charge is -2.09. The summed E-state index contributed by atoms with van der Waals surface area (Å²) < 4.78 is 46.0. The fraction of sp³-hybridized carbons (Fsp3) is 0.222. The Bertz CT molecular complexity index is 1090. The Labute approximate surface area is 151 Å². The van der Waals surface area contributed by atoms with E-state index in [0.29, 0.717) is 0 Å². The van der Waals surface area contributed by atoms with Crippen molar-refractivity contribution in [2.75, 3.05) is 0 Å². The summed E-state index contributed by atoms with van der Waals surface area (Å²) in [7, 11) is 0. The summed E-state index contributed by atoms with van der Waals surface area (Å²) in [5, 5.41) is 9.19. The van der Waals surface area contributed by atoms with Gasteiger partial charge >= 0.3 is 18.3 Å². The van der Waals surface area contributed by atoms with Crippen LogP contribution in [0.2, 0.25) is 0 Å². The summed E-state index contributed by atoms with van der Waals surface area (Å²) in [6.45, 7) is 0.325. The molecule has 1 aromatic heterocycles. The van der Waals surface area contributed by atoms with E-state index in [1.807, 2.05) is 0 Å². The quantitative estimate of drug-likeness (QED) is 0.731. The molecule has 3 aromatic rings. The molecule has 0 saturated carbocycles. The van der Waals surface area contributed by atoms with Crippen LogP contribution < -0.4 is 10.4 Å². The molecule has 0 unspecified atom stereocenters. The van der Waals surface area contributed by atoms with E-state index in [9.17, 15) is 27.9 Å². The number of fused-ring (bicyclic) bond motifs is 1. The Kier molecular flexibility index (Phi) is 4.69. The molecular weight excluding hydrogens is 365 g/mol. The number of imidazole rings is 1. The molecule has 0 spiro atoms. The van der Waals surface area contributed by atoms with Crippen molar-refractivity contribution >= 4 is 17.0 Å². The number of hydrogen-bond acceptors (Lipinski definition) is 3. The summed E-state index contributed by atoms with van der Waals surface area (Å²) in [4.78, 5) is 24.2. The normalized spacial score (nSPS) is 11.5. The number of nitrogens with zero attached hydrogens (tertiary/aromatic N) is 2. The van der Waals surface area contributed by atoms with Crippen LogP contribution in [-0.4, -0.2) is 26.8 Å². The van der Waals surface area contributed by atoms with Gasteiger partial charge in [-0.15, -0.1) is 0 Å². The highest BCUT2D eigenvalue weighted by Gasteiger charge is 2.21. The molecule has 0 aliphatic heterocycles. The topological polar surface area (TPSA) is 73.5 Å². The van der Waals surface area contributed by atoms with Gasteiger partial charge in [0.25, 0.3) is 0 Å². The van der Waals surface area contributed by atoms with Gasteiger partial charge in [0.05, 0.1) is 22.3 Å². The maximum Gasteiger partial charge on any atom is 0.387 e. The molecule has 0 aliphatic carbocycles. The van der Waals surface area contributed by atoms with Gasteiger partial charge in [0.15, 0.2) is 0 Å². The molecule has 0 fully saturated rings. The van der Waals surface area contributed by atoms with Crippen LogP contribution in [0.1, 0.15) is 30.2 Å². The molecule has 1 heterocycles. The largest absolute Gasteiger partial charge is 0.478 e. The Hall–Kier alpha value is -3.23. The first-order chi connectivity index (χ1) is 12.7. The van der Waals surface area contributed by atoms with Gasteiger partial charge in [-0.1, -0.05) is 0 Å². The summed E-state index contributed by atoms with van der Waals surface area (Å²) in [6.07, 6.45) is 0. The highest BCUT2D eigenvalue weighted by atomic mass is 19.3. The highest BCUT2D eigenvalue weighted by Crippen LogP contribution is 2.26. The average Bonchev–Trinajstić information content (AvgIpc) is 2.87. The molecule has 2 aromatic carbocycles. The standard InChI is InChI=1S/C18H15F3N2O4/c1-9(2)22-15-7-10(16(24)25)3-6-13(15)23(18(22)26)14-8-11(27-17(20)21)4-5-12(14)19/h3-9,17H,1-2H3,(H,24,25). The number of aromatic carboxylic acids is 1. The zero-order valence-electron chi connectivity index (χ0n) is 14.3. The maximum atomic E-state index is 14.4. The second-order valence-corrected chi connectivity index (χ2v) is 6.08. The van der Waals surface area contributed by atoms with Crippen LogP contribution >= 0.6 is 0 Å². The van der Waals surface area contributed by atoms with Crippen molar-refractivity contribution in [1.29, 1.82) is 0 Å². The summed E-state index contributed by atoms with van der Waals surface area (Å²) >= 11 is 0. The number of rotatable bonds is 5. The first-order valence-corrected chi connectivity index (χ1v) is 7.95. The van der Waals surface area contributed by atoms with E-state index >= 15 is 0 Å². The van der Waals surface area contributed by atoms with E-state index in [1.165, 1.54) is 22.8 Å². The predicted octanol–water partition coefficient (Wildman–Crippen LogP) is 3.81. The molecule has 0 saturated heterocycles. The molecule has 9 heteroatoms. The minimum absolute atomic E-state index is 0.0377. The third-order valence-corrected chi connectivity index (χ3v) is 4.02. The fourth-order valence-corrected chi connectivity index (χ4v) is 2.92. The van der Waals surface area contributed by atoms with Crippen LogP contribution in [0.3, 0.4) is 0 Å². The highest BCUT2D eigenvalue weighted by molar-refractivity contribution is 5.93. The minimum atomic E-state index is -3.10. The van der Waals surface area contributed by atoms with Crippen LogP contribution in [0.25, 0.3) is 16.7 Å². The second-order valence-electron chi connectivity index (χ2n) is 6.08. The zero-order valence-corrected chi connectivity index (χ0v) is 14.3. The first kappa shape index (κ1) is 18.6. The van der Waals surface area contributed by atoms with Gasteiger partial charge < -0.3 is 9.84 Å². The number of benzene rings is 2. The van der Waals surface area contributed by atoms with Crippen molar-refractivity contribution in [3.8, 4) is 11.4 Å². The van der Waals surface area contributed by atoms with E-state index in [0.717, 1.165) is 22.8 Å².